The summed E-state index contributed by atoms with van der Waals surface area (Å²) in [4.78, 5) is 21.9. The minimum absolute atomic E-state index is 0. The molecule has 2 aliphatic rings. The molecule has 0 aliphatic carbocycles. The number of carboxylic acid groups (broad SMARTS) is 1. The number of hydrogen-bond acceptors (Lipinski definition) is 7. The van der Waals surface area contributed by atoms with Crippen LogP contribution in [0.25, 0.3) is 0 Å². The van der Waals surface area contributed by atoms with E-state index in [1.165, 1.54) is 12.3 Å². The Bertz CT molecular complexity index is 496. The maximum atomic E-state index is 10.5. The molecule has 1 aromatic heterocycles. The molecule has 0 saturated carbocycles. The fraction of sp³-hybridized carbons (Fsp3) is 0.143. The van der Waals surface area contributed by atoms with Gasteiger partial charge in [-0.3, -0.25) is 0 Å². The maximum Gasteiger partial charge on any atom is 1.00 e. The molecule has 1 unspecified atom stereocenters. The molecule has 0 spiro atoms. The standard InChI is InChI=1S/C7H4B2N3O4.Na/c13-4(14)3-1-2-10-7(11-3)12-6-9(16-6)5-8-15-5;/h1-2,5H,(H,13,14);/q;+1/p-1. The quantitative estimate of drug-likeness (QED) is 0.385. The first-order chi connectivity index (χ1) is 7.74. The number of aromatic nitrogens is 2. The zero-order chi connectivity index (χ0) is 11.1. The number of carboxylic acids is 1. The summed E-state index contributed by atoms with van der Waals surface area (Å²) in [6.07, 6.45) is 1.30. The first kappa shape index (κ1) is 12.6. The van der Waals surface area contributed by atoms with Crippen LogP contribution in [0.5, 0.6) is 0 Å². The molecule has 0 amide bonds. The number of carbonyl (C=O) groups excluding carboxylic acids is 1. The van der Waals surface area contributed by atoms with Gasteiger partial charge in [0.25, 0.3) is 5.95 Å². The van der Waals surface area contributed by atoms with Crippen LogP contribution in [0.2, 0.25) is 0 Å². The number of aliphatic imine (C=N–C) groups is 1. The van der Waals surface area contributed by atoms with Crippen molar-refractivity contribution in [1.82, 2.24) is 9.97 Å². The Hall–Kier alpha value is -0.890. The molecule has 77 valence electrons. The average molecular weight is 238 g/mol. The summed E-state index contributed by atoms with van der Waals surface area (Å²) >= 11 is 0. The van der Waals surface area contributed by atoms with Crippen molar-refractivity contribution in [1.29, 1.82) is 0 Å². The second kappa shape index (κ2) is 4.77. The molecule has 17 heavy (non-hydrogen) atoms. The third kappa shape index (κ3) is 2.86. The van der Waals surface area contributed by atoms with Crippen LogP contribution in [0.15, 0.2) is 17.3 Å². The van der Waals surface area contributed by atoms with Gasteiger partial charge >= 0.3 is 44.0 Å². The average Bonchev–Trinajstić information content (AvgIpc) is 3.11. The van der Waals surface area contributed by atoms with Crippen molar-refractivity contribution in [3.8, 4) is 0 Å². The third-order valence-electron chi connectivity index (χ3n) is 2.09. The van der Waals surface area contributed by atoms with Crippen LogP contribution >= 0.6 is 0 Å². The first-order valence-electron chi connectivity index (χ1n) is 4.52. The Morgan fingerprint density at radius 1 is 1.65 bits per heavy atom. The molecule has 2 saturated heterocycles. The normalized spacial score (nSPS) is 22.2. The predicted octanol–water partition coefficient (Wildman–Crippen LogP) is -5.05. The van der Waals surface area contributed by atoms with Crippen molar-refractivity contribution in [2.45, 2.75) is 5.90 Å². The van der Waals surface area contributed by atoms with Gasteiger partial charge in [0, 0.05) is 6.20 Å². The van der Waals surface area contributed by atoms with Crippen LogP contribution in [0.4, 0.5) is 5.95 Å². The van der Waals surface area contributed by atoms with Gasteiger partial charge in [0.2, 0.25) is 0 Å². The minimum atomic E-state index is -1.36. The SMILES string of the molecule is O=C([O-])c1ccnc(N=C2OB2C2[B]O2)n1.[Na+]. The van der Waals surface area contributed by atoms with Crippen molar-refractivity contribution in [2.24, 2.45) is 4.99 Å². The van der Waals surface area contributed by atoms with Crippen LogP contribution < -0.4 is 34.7 Å². The molecular weight excluding hydrogens is 235 g/mol. The zero-order valence-corrected chi connectivity index (χ0v) is 10.9. The van der Waals surface area contributed by atoms with Crippen molar-refractivity contribution >= 4 is 32.1 Å². The van der Waals surface area contributed by atoms with Crippen molar-refractivity contribution in [2.75, 3.05) is 0 Å². The van der Waals surface area contributed by atoms with Crippen LogP contribution in [0.1, 0.15) is 10.5 Å². The number of carbonyl (C=O) groups is 1. The molecule has 1 radical (unpaired) electrons. The summed E-state index contributed by atoms with van der Waals surface area (Å²) in [6, 6.07) is 1.24. The molecule has 3 rings (SSSR count). The molecule has 0 N–H and O–H groups in total. The molecule has 3 heterocycles. The smallest absolute Gasteiger partial charge is 0.544 e. The van der Waals surface area contributed by atoms with Gasteiger partial charge in [-0.05, 0) is 6.07 Å². The summed E-state index contributed by atoms with van der Waals surface area (Å²) in [7, 11) is 1.63. The van der Waals surface area contributed by atoms with E-state index < -0.39 is 5.97 Å². The van der Waals surface area contributed by atoms with Crippen molar-refractivity contribution < 1.29 is 48.8 Å². The fourth-order valence-corrected chi connectivity index (χ4v) is 1.20. The van der Waals surface area contributed by atoms with Gasteiger partial charge in [-0.25, -0.2) is 9.97 Å². The fourth-order valence-electron chi connectivity index (χ4n) is 1.20. The minimum Gasteiger partial charge on any atom is -0.544 e. The van der Waals surface area contributed by atoms with E-state index in [1.807, 2.05) is 0 Å². The Morgan fingerprint density at radius 3 is 3.06 bits per heavy atom. The molecule has 0 bridgehead atoms. The van der Waals surface area contributed by atoms with Gasteiger partial charge in [-0.15, -0.1) is 0 Å². The maximum absolute atomic E-state index is 10.5. The molecule has 7 nitrogen and oxygen atoms in total. The van der Waals surface area contributed by atoms with E-state index in [2.05, 4.69) is 15.0 Å². The third-order valence-corrected chi connectivity index (χ3v) is 2.09. The predicted molar refractivity (Wildman–Crippen MR) is 50.9 cm³/mol. The number of nitrogens with zero attached hydrogens (tertiary/aromatic N) is 3. The van der Waals surface area contributed by atoms with Crippen molar-refractivity contribution in [3.05, 3.63) is 18.0 Å². The summed E-state index contributed by atoms with van der Waals surface area (Å²) in [5, 5.41) is 10.5. The van der Waals surface area contributed by atoms with Gasteiger partial charge in [-0.2, -0.15) is 4.99 Å². The zero-order valence-electron chi connectivity index (χ0n) is 8.86. The Labute approximate surface area is 119 Å². The monoisotopic (exact) mass is 238 g/mol. The Morgan fingerprint density at radius 2 is 2.41 bits per heavy atom. The van der Waals surface area contributed by atoms with Crippen LogP contribution in [-0.2, 0) is 9.31 Å². The van der Waals surface area contributed by atoms with Gasteiger partial charge in [0.15, 0.2) is 5.80 Å². The van der Waals surface area contributed by atoms with E-state index in [0.29, 0.717) is 5.80 Å². The number of hydrogen-bond donors (Lipinski definition) is 0. The van der Waals surface area contributed by atoms with Crippen molar-refractivity contribution in [3.63, 3.8) is 0 Å². The number of aromatic carboxylic acids is 1. The summed E-state index contributed by atoms with van der Waals surface area (Å²) < 4.78 is 9.98. The summed E-state index contributed by atoms with van der Waals surface area (Å²) in [6.45, 7) is -0.171. The molecule has 0 aromatic carbocycles. The number of rotatable bonds is 3. The first-order valence-corrected chi connectivity index (χ1v) is 4.52. The van der Waals surface area contributed by atoms with E-state index in [4.69, 9.17) is 9.31 Å². The van der Waals surface area contributed by atoms with Gasteiger partial charge in [0.1, 0.15) is 0 Å². The molecule has 1 aromatic rings. The van der Waals surface area contributed by atoms with E-state index in [1.54, 1.807) is 7.48 Å². The van der Waals surface area contributed by atoms with E-state index >= 15 is 0 Å². The van der Waals surface area contributed by atoms with E-state index in [-0.39, 0.29) is 54.0 Å². The second-order valence-electron chi connectivity index (χ2n) is 3.25. The molecule has 2 fully saturated rings. The summed E-state index contributed by atoms with van der Waals surface area (Å²) in [5.74, 6) is -0.909. The van der Waals surface area contributed by atoms with Crippen LogP contribution in [0, 0.1) is 0 Å². The largest absolute Gasteiger partial charge is 1.00 e. The molecule has 1 atom stereocenters. The van der Waals surface area contributed by atoms with E-state index in [9.17, 15) is 9.90 Å². The van der Waals surface area contributed by atoms with Crippen LogP contribution in [0.3, 0.4) is 0 Å². The Kier molecular flexibility index (Phi) is 3.53. The molecule has 10 heteroatoms. The van der Waals surface area contributed by atoms with Gasteiger partial charge < -0.3 is 19.2 Å². The Balaban J connectivity index is 0.00000108. The van der Waals surface area contributed by atoms with E-state index in [0.717, 1.165) is 0 Å². The van der Waals surface area contributed by atoms with Gasteiger partial charge in [-0.1, -0.05) is 0 Å². The topological polar surface area (TPSA) is 103 Å². The van der Waals surface area contributed by atoms with Crippen LogP contribution in [-0.4, -0.2) is 42.0 Å². The second-order valence-corrected chi connectivity index (χ2v) is 3.25. The molecular formula is C7H3B2N3NaO4. The summed E-state index contributed by atoms with van der Waals surface area (Å²) in [5.41, 5.74) is -0.208. The van der Waals surface area contributed by atoms with Gasteiger partial charge in [0.05, 0.1) is 17.6 Å². The molecule has 2 aliphatic heterocycles.